The lowest BCUT2D eigenvalue weighted by molar-refractivity contribution is 0.646. The summed E-state index contributed by atoms with van der Waals surface area (Å²) in [5.41, 5.74) is 1.32. The Morgan fingerprint density at radius 3 is 3.12 bits per heavy atom. The van der Waals surface area contributed by atoms with Crippen LogP contribution >= 0.6 is 0 Å². The lowest BCUT2D eigenvalue weighted by Crippen LogP contribution is -2.13. The Morgan fingerprint density at radius 1 is 1.38 bits per heavy atom. The third-order valence-electron chi connectivity index (χ3n) is 3.00. The van der Waals surface area contributed by atoms with Gasteiger partial charge < -0.3 is 5.32 Å². The maximum Gasteiger partial charge on any atom is 0.138 e. The van der Waals surface area contributed by atoms with Gasteiger partial charge in [0.05, 0.1) is 0 Å². The van der Waals surface area contributed by atoms with Crippen molar-refractivity contribution in [2.45, 2.75) is 18.9 Å². The van der Waals surface area contributed by atoms with E-state index in [1.165, 1.54) is 18.4 Å². The fraction of sp³-hybridized carbons (Fsp3) is 0.333. The monoisotopic (exact) mass is 214 g/mol. The zero-order chi connectivity index (χ0) is 10.8. The molecule has 3 rings (SSSR count). The fourth-order valence-electron chi connectivity index (χ4n) is 2.16. The van der Waals surface area contributed by atoms with E-state index in [0.29, 0.717) is 6.04 Å². The Morgan fingerprint density at radius 2 is 2.38 bits per heavy atom. The maximum atomic E-state index is 4.35. The minimum atomic E-state index is 0.491. The Hall–Kier alpha value is -1.68. The molecule has 2 aromatic heterocycles. The lowest BCUT2D eigenvalue weighted by atomic mass is 10.1. The molecule has 0 aliphatic carbocycles. The van der Waals surface area contributed by atoms with E-state index in [4.69, 9.17) is 0 Å². The molecular weight excluding hydrogens is 200 g/mol. The zero-order valence-electron chi connectivity index (χ0n) is 9.00. The minimum absolute atomic E-state index is 0.491. The average molecular weight is 214 g/mol. The molecule has 0 aromatic carbocycles. The van der Waals surface area contributed by atoms with Gasteiger partial charge in [0.2, 0.25) is 0 Å². The molecule has 1 atom stereocenters. The third kappa shape index (κ3) is 1.72. The van der Waals surface area contributed by atoms with Gasteiger partial charge in [-0.1, -0.05) is 0 Å². The van der Waals surface area contributed by atoms with Crippen molar-refractivity contribution >= 4 is 0 Å². The molecule has 1 fully saturated rings. The van der Waals surface area contributed by atoms with E-state index >= 15 is 0 Å². The van der Waals surface area contributed by atoms with Gasteiger partial charge in [-0.3, -0.25) is 4.57 Å². The molecule has 4 nitrogen and oxygen atoms in total. The van der Waals surface area contributed by atoms with Crippen molar-refractivity contribution in [1.82, 2.24) is 19.9 Å². The van der Waals surface area contributed by atoms with Gasteiger partial charge in [-0.25, -0.2) is 9.97 Å². The third-order valence-corrected chi connectivity index (χ3v) is 3.00. The molecule has 0 amide bonds. The summed E-state index contributed by atoms with van der Waals surface area (Å²) in [6.45, 7) is 1.12. The molecule has 0 radical (unpaired) electrons. The van der Waals surface area contributed by atoms with Gasteiger partial charge in [0.25, 0.3) is 0 Å². The molecule has 0 saturated carbocycles. The number of hydrogen-bond donors (Lipinski definition) is 1. The highest BCUT2D eigenvalue weighted by Gasteiger charge is 2.16. The summed E-state index contributed by atoms with van der Waals surface area (Å²) in [4.78, 5) is 8.38. The lowest BCUT2D eigenvalue weighted by Gasteiger charge is -2.11. The maximum absolute atomic E-state index is 4.35. The average Bonchev–Trinajstić information content (AvgIpc) is 3.03. The van der Waals surface area contributed by atoms with Crippen molar-refractivity contribution in [3.63, 3.8) is 0 Å². The Kier molecular flexibility index (Phi) is 2.42. The minimum Gasteiger partial charge on any atom is -0.310 e. The predicted octanol–water partition coefficient (Wildman–Crippen LogP) is 1.69. The molecular formula is C12H14N4. The predicted molar refractivity (Wildman–Crippen MR) is 61.3 cm³/mol. The van der Waals surface area contributed by atoms with Gasteiger partial charge in [-0.05, 0) is 37.1 Å². The van der Waals surface area contributed by atoms with E-state index in [1.807, 2.05) is 17.0 Å². The standard InChI is InChI=1S/C12H14N4/c1-2-11(14-4-1)10-3-5-15-12(8-10)16-7-6-13-9-16/h3,5-9,11,14H,1-2,4H2. The zero-order valence-corrected chi connectivity index (χ0v) is 9.00. The van der Waals surface area contributed by atoms with Gasteiger partial charge in [-0.15, -0.1) is 0 Å². The molecule has 82 valence electrons. The number of rotatable bonds is 2. The molecule has 4 heteroatoms. The van der Waals surface area contributed by atoms with Crippen LogP contribution in [0.1, 0.15) is 24.4 Å². The van der Waals surface area contributed by atoms with Crippen molar-refractivity contribution in [3.05, 3.63) is 42.6 Å². The Bertz CT molecular complexity index is 458. The van der Waals surface area contributed by atoms with Crippen molar-refractivity contribution in [2.75, 3.05) is 6.54 Å². The second-order valence-electron chi connectivity index (χ2n) is 4.07. The first kappa shape index (κ1) is 9.54. The summed E-state index contributed by atoms with van der Waals surface area (Å²) < 4.78 is 1.93. The number of nitrogens with zero attached hydrogens (tertiary/aromatic N) is 3. The van der Waals surface area contributed by atoms with Crippen molar-refractivity contribution in [1.29, 1.82) is 0 Å². The number of pyridine rings is 1. The van der Waals surface area contributed by atoms with E-state index in [0.717, 1.165) is 12.4 Å². The van der Waals surface area contributed by atoms with E-state index in [2.05, 4.69) is 27.4 Å². The quantitative estimate of drug-likeness (QED) is 0.827. The van der Waals surface area contributed by atoms with Crippen molar-refractivity contribution in [2.24, 2.45) is 0 Å². The summed E-state index contributed by atoms with van der Waals surface area (Å²) in [5.74, 6) is 0.934. The summed E-state index contributed by atoms with van der Waals surface area (Å²) >= 11 is 0. The largest absolute Gasteiger partial charge is 0.310 e. The Labute approximate surface area is 94.4 Å². The summed E-state index contributed by atoms with van der Waals surface area (Å²) in [6, 6.07) is 4.71. The van der Waals surface area contributed by atoms with Gasteiger partial charge >= 0.3 is 0 Å². The van der Waals surface area contributed by atoms with Crippen LogP contribution in [0.4, 0.5) is 0 Å². The van der Waals surface area contributed by atoms with Gasteiger partial charge in [0.1, 0.15) is 12.1 Å². The first-order chi connectivity index (χ1) is 7.93. The molecule has 0 bridgehead atoms. The second kappa shape index (κ2) is 4.06. The van der Waals surface area contributed by atoms with Crippen LogP contribution < -0.4 is 5.32 Å². The van der Waals surface area contributed by atoms with Crippen molar-refractivity contribution < 1.29 is 0 Å². The second-order valence-corrected chi connectivity index (χ2v) is 4.07. The van der Waals surface area contributed by atoms with Crippen LogP contribution in [0.15, 0.2) is 37.1 Å². The van der Waals surface area contributed by atoms with Crippen LogP contribution in [-0.4, -0.2) is 21.1 Å². The van der Waals surface area contributed by atoms with E-state index < -0.39 is 0 Å². The molecule has 3 heterocycles. The molecule has 1 aliphatic heterocycles. The van der Waals surface area contributed by atoms with Crippen LogP contribution in [-0.2, 0) is 0 Å². The number of imidazole rings is 1. The van der Waals surface area contributed by atoms with E-state index in [1.54, 1.807) is 12.5 Å². The topological polar surface area (TPSA) is 42.7 Å². The normalized spacial score (nSPS) is 20.1. The van der Waals surface area contributed by atoms with Crippen LogP contribution in [0.5, 0.6) is 0 Å². The van der Waals surface area contributed by atoms with Gasteiger partial charge in [-0.2, -0.15) is 0 Å². The van der Waals surface area contributed by atoms with Gasteiger partial charge in [0.15, 0.2) is 0 Å². The fourth-order valence-corrected chi connectivity index (χ4v) is 2.16. The van der Waals surface area contributed by atoms with Crippen LogP contribution in [0.2, 0.25) is 0 Å². The molecule has 1 N–H and O–H groups in total. The molecule has 1 unspecified atom stereocenters. The molecule has 2 aromatic rings. The first-order valence-electron chi connectivity index (χ1n) is 5.61. The van der Waals surface area contributed by atoms with E-state index in [-0.39, 0.29) is 0 Å². The first-order valence-corrected chi connectivity index (χ1v) is 5.61. The van der Waals surface area contributed by atoms with Crippen LogP contribution in [0.3, 0.4) is 0 Å². The summed E-state index contributed by atoms with van der Waals surface area (Å²) in [5, 5.41) is 3.49. The smallest absolute Gasteiger partial charge is 0.138 e. The highest BCUT2D eigenvalue weighted by Crippen LogP contribution is 2.23. The SMILES string of the molecule is c1cn(-c2cc(C3CCCN3)ccn2)cn1. The molecule has 1 saturated heterocycles. The van der Waals surface area contributed by atoms with Crippen molar-refractivity contribution in [3.8, 4) is 5.82 Å². The highest BCUT2D eigenvalue weighted by atomic mass is 15.1. The summed E-state index contributed by atoms with van der Waals surface area (Å²) in [7, 11) is 0. The Balaban J connectivity index is 1.93. The molecule has 0 spiro atoms. The molecule has 16 heavy (non-hydrogen) atoms. The number of aromatic nitrogens is 3. The van der Waals surface area contributed by atoms with Crippen LogP contribution in [0.25, 0.3) is 5.82 Å². The van der Waals surface area contributed by atoms with E-state index in [9.17, 15) is 0 Å². The van der Waals surface area contributed by atoms with Gasteiger partial charge in [0, 0.05) is 24.6 Å². The summed E-state index contributed by atoms with van der Waals surface area (Å²) in [6.07, 6.45) is 9.79. The number of nitrogens with one attached hydrogen (secondary N) is 1. The number of hydrogen-bond acceptors (Lipinski definition) is 3. The molecule has 1 aliphatic rings. The highest BCUT2D eigenvalue weighted by molar-refractivity contribution is 5.30. The van der Waals surface area contributed by atoms with Crippen LogP contribution in [0, 0.1) is 0 Å².